The molecule has 0 amide bonds. The number of para-hydroxylation sites is 9. The van der Waals surface area contributed by atoms with E-state index in [1.165, 1.54) is 192 Å². The normalized spacial score (nSPS) is 11.8. The lowest BCUT2D eigenvalue weighted by Gasteiger charge is -2.14. The van der Waals surface area contributed by atoms with Gasteiger partial charge in [0.25, 0.3) is 0 Å². The molecule has 0 aliphatic rings. The van der Waals surface area contributed by atoms with Crippen molar-refractivity contribution in [2.75, 3.05) is 0 Å². The van der Waals surface area contributed by atoms with Gasteiger partial charge in [0.1, 0.15) is 0 Å². The highest BCUT2D eigenvalue weighted by molar-refractivity contribution is 6.16. The first kappa shape index (κ1) is 68.4. The van der Waals surface area contributed by atoms with E-state index >= 15 is 0 Å². The maximum Gasteiger partial charge on any atom is 0.0541 e. The van der Waals surface area contributed by atoms with Crippen molar-refractivity contribution in [3.8, 4) is 89.8 Å². The van der Waals surface area contributed by atoms with E-state index in [0.29, 0.717) is 0 Å². The quantitative estimate of drug-likeness (QED) is 0.124. The summed E-state index contributed by atoms with van der Waals surface area (Å²) in [7, 11) is 0. The number of aromatic nitrogens is 6. The van der Waals surface area contributed by atoms with Crippen molar-refractivity contribution < 1.29 is 0 Å². The van der Waals surface area contributed by atoms with Gasteiger partial charge in [0.15, 0.2) is 0 Å². The highest BCUT2D eigenvalue weighted by atomic mass is 15.0. The van der Waals surface area contributed by atoms with Gasteiger partial charge in [-0.05, 0) is 232 Å². The first-order valence-corrected chi connectivity index (χ1v) is 41.3. The summed E-state index contributed by atoms with van der Waals surface area (Å²) in [6.07, 6.45) is 0. The standard InChI is InChI=1S/C60H39N3.C54H35N3/c1-3-15-40(16-4-1)44-35-45(41-17-5-2-6-18-41)37-48(36-44)63-58-26-14-10-22-52(58)54-39-43(28-34-60(54)63)42-27-33-59-53(38-42)51-21-9-13-25-57(51)62(59)47-31-29-46(30-32-47)61-55-23-11-7-19-49(55)50-20-8-12-24-56(50)61;1-2-12-40(13-3-1)55-51-20-10-6-16-45(51)47-34-38(26-32-53(47)55)39-27-33-54-48(35-39)46-17-7-11-21-52(46)57(54)42-30-24-37(25-31-42)36-22-28-41(29-23-36)56-49-18-8-4-14-43(49)44-15-5-9-19-50(44)56/h1-39H;1-35H. The molecule has 0 unspecified atom stereocenters. The second-order valence-corrected chi connectivity index (χ2v) is 31.5. The molecule has 25 aromatic rings. The van der Waals surface area contributed by atoms with Gasteiger partial charge in [-0.1, -0.05) is 273 Å². The maximum absolute atomic E-state index is 2.44. The van der Waals surface area contributed by atoms with Crippen LogP contribution in [0.15, 0.2) is 449 Å². The highest BCUT2D eigenvalue weighted by Crippen LogP contribution is 2.44. The van der Waals surface area contributed by atoms with Gasteiger partial charge in [-0.25, -0.2) is 0 Å². The van der Waals surface area contributed by atoms with Crippen LogP contribution >= 0.6 is 0 Å². The fraction of sp³-hybridized carbons (Fsp3) is 0. The summed E-state index contributed by atoms with van der Waals surface area (Å²) in [4.78, 5) is 0. The molecule has 19 aromatic carbocycles. The van der Waals surface area contributed by atoms with E-state index < -0.39 is 0 Å². The number of hydrogen-bond donors (Lipinski definition) is 0. The van der Waals surface area contributed by atoms with Crippen molar-refractivity contribution in [2.45, 2.75) is 0 Å². The molecule has 6 heteroatoms. The Morgan fingerprint density at radius 1 is 0.0917 bits per heavy atom. The predicted molar refractivity (Wildman–Crippen MR) is 506 cm³/mol. The van der Waals surface area contributed by atoms with Gasteiger partial charge in [0.05, 0.1) is 66.2 Å². The topological polar surface area (TPSA) is 29.6 Å². The molecule has 0 saturated heterocycles. The molecule has 0 aliphatic carbocycles. The molecular weight excluding hydrogens is 1450 g/mol. The number of rotatable bonds is 11. The number of hydrogen-bond acceptors (Lipinski definition) is 0. The van der Waals surface area contributed by atoms with Gasteiger partial charge >= 0.3 is 0 Å². The smallest absolute Gasteiger partial charge is 0.0541 e. The SMILES string of the molecule is c1ccc(-c2cc(-c3ccccc3)cc(-n3c4ccccc4c4cc(-c5ccc6c(c5)c5ccccc5n6-c5ccc(-n6c7ccccc7c7ccccc76)cc5)ccc43)c2)cc1.c1ccc(-n2c3ccccc3c3cc(-c4ccc5c(c4)c4ccccc4n5-c4ccc(-c5ccc(-n6c7ccccc7c7ccccc76)cc5)cc4)ccc32)cc1. The molecule has 560 valence electrons. The van der Waals surface area contributed by atoms with E-state index in [2.05, 4.69) is 476 Å². The van der Waals surface area contributed by atoms with Crippen molar-refractivity contribution in [1.29, 1.82) is 0 Å². The van der Waals surface area contributed by atoms with Crippen LogP contribution in [0, 0.1) is 0 Å². The Bertz CT molecular complexity index is 8200. The summed E-state index contributed by atoms with van der Waals surface area (Å²) >= 11 is 0. The average Bonchev–Trinajstić information content (AvgIpc) is 1.57. The second-order valence-electron chi connectivity index (χ2n) is 31.5. The van der Waals surface area contributed by atoms with Crippen LogP contribution < -0.4 is 0 Å². The minimum atomic E-state index is 1.14. The van der Waals surface area contributed by atoms with Crippen molar-refractivity contribution in [2.24, 2.45) is 0 Å². The van der Waals surface area contributed by atoms with E-state index in [1.807, 2.05) is 0 Å². The fourth-order valence-corrected chi connectivity index (χ4v) is 19.4. The zero-order valence-corrected chi connectivity index (χ0v) is 65.4. The Hall–Kier alpha value is -16.0. The third-order valence-corrected chi connectivity index (χ3v) is 24.9. The monoisotopic (exact) mass is 1530 g/mol. The minimum Gasteiger partial charge on any atom is -0.309 e. The summed E-state index contributed by atoms with van der Waals surface area (Å²) in [6, 6.07) is 164. The first-order valence-electron chi connectivity index (χ1n) is 41.3. The lowest BCUT2D eigenvalue weighted by atomic mass is 9.98. The molecule has 0 bridgehead atoms. The number of fused-ring (bicyclic) bond motifs is 18. The summed E-state index contributed by atoms with van der Waals surface area (Å²) in [5, 5.41) is 15.1. The zero-order valence-electron chi connectivity index (χ0n) is 65.4. The Labute approximate surface area is 692 Å². The van der Waals surface area contributed by atoms with Gasteiger partial charge in [0, 0.05) is 98.8 Å². The van der Waals surface area contributed by atoms with Gasteiger partial charge in [-0.3, -0.25) is 0 Å². The molecule has 120 heavy (non-hydrogen) atoms. The average molecular weight is 1530 g/mol. The van der Waals surface area contributed by atoms with E-state index in [-0.39, 0.29) is 0 Å². The summed E-state index contributed by atoms with van der Waals surface area (Å²) < 4.78 is 14.4. The number of nitrogens with zero attached hydrogens (tertiary/aromatic N) is 6. The molecule has 0 aliphatic heterocycles. The Morgan fingerprint density at radius 2 is 0.267 bits per heavy atom. The zero-order chi connectivity index (χ0) is 78.9. The van der Waals surface area contributed by atoms with Crippen molar-refractivity contribution in [3.05, 3.63) is 449 Å². The first-order chi connectivity index (χ1) is 59.5. The predicted octanol–water partition coefficient (Wildman–Crippen LogP) is 30.3. The fourth-order valence-electron chi connectivity index (χ4n) is 19.4. The Kier molecular flexibility index (Phi) is 15.9. The molecule has 6 nitrogen and oxygen atoms in total. The maximum atomic E-state index is 2.44. The minimum absolute atomic E-state index is 1.14. The summed E-state index contributed by atoms with van der Waals surface area (Å²) in [6.45, 7) is 0. The van der Waals surface area contributed by atoms with E-state index in [9.17, 15) is 0 Å². The third-order valence-electron chi connectivity index (χ3n) is 24.9. The van der Waals surface area contributed by atoms with Crippen LogP contribution in [0.25, 0.3) is 221 Å². The van der Waals surface area contributed by atoms with Crippen molar-refractivity contribution in [1.82, 2.24) is 27.4 Å². The van der Waals surface area contributed by atoms with E-state index in [4.69, 9.17) is 0 Å². The van der Waals surface area contributed by atoms with Crippen LogP contribution in [0.2, 0.25) is 0 Å². The van der Waals surface area contributed by atoms with Crippen LogP contribution in [0.3, 0.4) is 0 Å². The lowest BCUT2D eigenvalue weighted by Crippen LogP contribution is -1.97. The molecule has 0 atom stereocenters. The van der Waals surface area contributed by atoms with Crippen LogP contribution in [-0.4, -0.2) is 27.4 Å². The summed E-state index contributed by atoms with van der Waals surface area (Å²) in [5.74, 6) is 0. The van der Waals surface area contributed by atoms with Crippen LogP contribution in [-0.2, 0) is 0 Å². The molecule has 0 saturated carbocycles. The summed E-state index contributed by atoms with van der Waals surface area (Å²) in [5.41, 5.74) is 33.4. The molecule has 25 rings (SSSR count). The largest absolute Gasteiger partial charge is 0.309 e. The van der Waals surface area contributed by atoms with Gasteiger partial charge in [-0.2, -0.15) is 0 Å². The van der Waals surface area contributed by atoms with Gasteiger partial charge in [0.2, 0.25) is 0 Å². The van der Waals surface area contributed by atoms with Crippen molar-refractivity contribution >= 4 is 131 Å². The molecule has 0 fully saturated rings. The highest BCUT2D eigenvalue weighted by Gasteiger charge is 2.22. The van der Waals surface area contributed by atoms with E-state index in [1.54, 1.807) is 0 Å². The second kappa shape index (κ2) is 27.9. The third kappa shape index (κ3) is 11.1. The van der Waals surface area contributed by atoms with Crippen molar-refractivity contribution in [3.63, 3.8) is 0 Å². The van der Waals surface area contributed by atoms with Crippen LogP contribution in [0.4, 0.5) is 0 Å². The van der Waals surface area contributed by atoms with E-state index in [0.717, 1.165) is 28.4 Å². The molecule has 6 heterocycles. The molecule has 0 spiro atoms. The molecule has 0 N–H and O–H groups in total. The van der Waals surface area contributed by atoms with Gasteiger partial charge in [-0.15, -0.1) is 0 Å². The molecule has 0 radical (unpaired) electrons. The van der Waals surface area contributed by atoms with Crippen LogP contribution in [0.5, 0.6) is 0 Å². The number of benzene rings is 19. The van der Waals surface area contributed by atoms with Gasteiger partial charge < -0.3 is 27.4 Å². The Balaban J connectivity index is 0.000000137. The Morgan fingerprint density at radius 3 is 0.525 bits per heavy atom. The molecule has 6 aromatic heterocycles. The van der Waals surface area contributed by atoms with Crippen LogP contribution in [0.1, 0.15) is 0 Å². The molecular formula is C114H74N6. The lowest BCUT2D eigenvalue weighted by molar-refractivity contribution is 1.14.